The van der Waals surface area contributed by atoms with E-state index in [9.17, 15) is 18.7 Å². The lowest BCUT2D eigenvalue weighted by atomic mass is 9.99. The van der Waals surface area contributed by atoms with Crippen LogP contribution in [0.2, 0.25) is 5.02 Å². The first-order chi connectivity index (χ1) is 18.9. The number of nitrogens with zero attached hydrogens (tertiary/aromatic N) is 5. The van der Waals surface area contributed by atoms with Gasteiger partial charge in [0.25, 0.3) is 6.43 Å². The minimum Gasteiger partial charge on any atom is -0.478 e. The maximum atomic E-state index is 13.9. The lowest BCUT2D eigenvalue weighted by molar-refractivity contribution is 0.0681. The van der Waals surface area contributed by atoms with E-state index in [0.29, 0.717) is 18.0 Å². The van der Waals surface area contributed by atoms with E-state index in [0.717, 1.165) is 68.2 Å². The summed E-state index contributed by atoms with van der Waals surface area (Å²) < 4.78 is 28.9. The molecule has 11 heteroatoms. The molecular weight excluding hydrogens is 559 g/mol. The summed E-state index contributed by atoms with van der Waals surface area (Å²) in [5.41, 5.74) is 3.25. The summed E-state index contributed by atoms with van der Waals surface area (Å²) in [6.07, 6.45) is 2.18. The molecule has 3 heterocycles. The third kappa shape index (κ3) is 5.78. The molecule has 2 aliphatic heterocycles. The molecule has 1 saturated carbocycles. The Hall–Kier alpha value is -2.88. The molecule has 3 fully saturated rings. The zero-order chi connectivity index (χ0) is 27.1. The summed E-state index contributed by atoms with van der Waals surface area (Å²) in [5.74, 6) is -1.39. The van der Waals surface area contributed by atoms with Crippen LogP contribution < -0.4 is 9.80 Å². The molecule has 214 valence electrons. The van der Waals surface area contributed by atoms with Gasteiger partial charge in [-0.05, 0) is 55.5 Å². The van der Waals surface area contributed by atoms with E-state index in [1.54, 1.807) is 0 Å². The van der Waals surface area contributed by atoms with Crippen LogP contribution in [0.25, 0.3) is 11.1 Å². The maximum Gasteiger partial charge on any atom is 0.339 e. The minimum atomic E-state index is -2.93. The Morgan fingerprint density at radius 1 is 0.950 bits per heavy atom. The van der Waals surface area contributed by atoms with Crippen LogP contribution in [0.1, 0.15) is 54.2 Å². The Kier molecular flexibility index (Phi) is 8.54. The number of anilines is 2. The molecule has 1 aliphatic carbocycles. The second-order valence-corrected chi connectivity index (χ2v) is 11.1. The zero-order valence-corrected chi connectivity index (χ0v) is 23.6. The van der Waals surface area contributed by atoms with Crippen molar-refractivity contribution in [1.82, 2.24) is 14.7 Å². The van der Waals surface area contributed by atoms with Crippen LogP contribution >= 0.6 is 24.0 Å². The smallest absolute Gasteiger partial charge is 0.339 e. The summed E-state index contributed by atoms with van der Waals surface area (Å²) in [4.78, 5) is 18.7. The molecule has 6 rings (SSSR count). The van der Waals surface area contributed by atoms with Gasteiger partial charge in [-0.3, -0.25) is 9.58 Å². The van der Waals surface area contributed by atoms with Gasteiger partial charge in [0.15, 0.2) is 0 Å². The van der Waals surface area contributed by atoms with E-state index in [-0.39, 0.29) is 18.4 Å². The van der Waals surface area contributed by atoms with Gasteiger partial charge in [-0.15, -0.1) is 12.4 Å². The SMILES string of the molecule is Cl.O=C(O)c1cnn(C2CCCN(c3cc(Cl)ccc3-c3ccc(N4CCN(C5CC5)CC4)cc3)C2)c1C(F)F. The van der Waals surface area contributed by atoms with Crippen LogP contribution in [-0.4, -0.2) is 71.1 Å². The Morgan fingerprint density at radius 2 is 1.68 bits per heavy atom. The number of carboxylic acids is 1. The predicted molar refractivity (Wildman–Crippen MR) is 156 cm³/mol. The van der Waals surface area contributed by atoms with Crippen molar-refractivity contribution < 1.29 is 18.7 Å². The topological polar surface area (TPSA) is 64.8 Å². The number of hydrogen-bond acceptors (Lipinski definition) is 5. The summed E-state index contributed by atoms with van der Waals surface area (Å²) in [6, 6.07) is 14.8. The average Bonchev–Trinajstić information content (AvgIpc) is 3.70. The van der Waals surface area contributed by atoms with Crippen LogP contribution in [0.4, 0.5) is 20.2 Å². The fraction of sp³-hybridized carbons (Fsp3) is 0.448. The standard InChI is InChI=1S/C29H32ClF2N5O2.ClH/c30-20-5-10-24(19-3-6-21(7-4-19)34-12-14-35(15-13-34)22-8-9-22)26(16-20)36-11-1-2-23(18-36)37-27(28(31)32)25(17-33-37)29(38)39;/h3-7,10,16-17,22-23,28H,1-2,8-9,11-15,18H2,(H,38,39);1H. The number of aromatic carboxylic acids is 1. The van der Waals surface area contributed by atoms with Crippen molar-refractivity contribution in [2.24, 2.45) is 0 Å². The number of hydrogen-bond donors (Lipinski definition) is 1. The van der Waals surface area contributed by atoms with Gasteiger partial charge in [0, 0.05) is 67.3 Å². The zero-order valence-electron chi connectivity index (χ0n) is 22.1. The van der Waals surface area contributed by atoms with Gasteiger partial charge >= 0.3 is 5.97 Å². The van der Waals surface area contributed by atoms with E-state index in [2.05, 4.69) is 44.1 Å². The molecule has 0 spiro atoms. The molecule has 0 amide bonds. The number of benzene rings is 2. The number of aromatic nitrogens is 2. The van der Waals surface area contributed by atoms with Gasteiger partial charge in [-0.2, -0.15) is 5.10 Å². The van der Waals surface area contributed by atoms with Crippen LogP contribution in [0, 0.1) is 0 Å². The largest absolute Gasteiger partial charge is 0.478 e. The molecule has 1 N–H and O–H groups in total. The van der Waals surface area contributed by atoms with E-state index in [1.807, 2.05) is 18.2 Å². The lowest BCUT2D eigenvalue weighted by Crippen LogP contribution is -2.47. The first-order valence-electron chi connectivity index (χ1n) is 13.6. The number of carboxylic acid groups (broad SMARTS) is 1. The van der Waals surface area contributed by atoms with E-state index >= 15 is 0 Å². The first-order valence-corrected chi connectivity index (χ1v) is 14.0. The predicted octanol–water partition coefficient (Wildman–Crippen LogP) is 6.39. The molecule has 0 radical (unpaired) electrons. The van der Waals surface area contributed by atoms with Gasteiger partial charge < -0.3 is 14.9 Å². The van der Waals surface area contributed by atoms with Crippen molar-refractivity contribution in [3.63, 3.8) is 0 Å². The van der Waals surface area contributed by atoms with Crippen molar-refractivity contribution in [2.45, 2.75) is 44.2 Å². The molecular formula is C29H33Cl2F2N5O2. The number of rotatable bonds is 7. The molecule has 40 heavy (non-hydrogen) atoms. The second-order valence-electron chi connectivity index (χ2n) is 10.7. The number of alkyl halides is 2. The highest BCUT2D eigenvalue weighted by molar-refractivity contribution is 6.31. The van der Waals surface area contributed by atoms with E-state index in [1.165, 1.54) is 23.2 Å². The molecule has 2 saturated heterocycles. The first kappa shape index (κ1) is 28.6. The highest BCUT2D eigenvalue weighted by atomic mass is 35.5. The molecule has 0 bridgehead atoms. The number of piperazine rings is 1. The van der Waals surface area contributed by atoms with Crippen LogP contribution in [0.15, 0.2) is 48.7 Å². The Balaban J connectivity index is 0.00000323. The van der Waals surface area contributed by atoms with Crippen LogP contribution in [-0.2, 0) is 0 Å². The third-order valence-corrected chi connectivity index (χ3v) is 8.47. The summed E-state index contributed by atoms with van der Waals surface area (Å²) in [6.45, 7) is 5.47. The van der Waals surface area contributed by atoms with Gasteiger partial charge in [0.05, 0.1) is 12.2 Å². The van der Waals surface area contributed by atoms with Crippen LogP contribution in [0.3, 0.4) is 0 Å². The molecule has 3 aliphatic rings. The normalized spacial score (nSPS) is 20.1. The summed E-state index contributed by atoms with van der Waals surface area (Å²) >= 11 is 6.43. The number of carbonyl (C=O) groups is 1. The molecule has 1 atom stereocenters. The molecule has 7 nitrogen and oxygen atoms in total. The van der Waals surface area contributed by atoms with Gasteiger partial charge in [0.2, 0.25) is 0 Å². The van der Waals surface area contributed by atoms with Crippen LogP contribution in [0.5, 0.6) is 0 Å². The van der Waals surface area contributed by atoms with Gasteiger partial charge in [-0.1, -0.05) is 29.8 Å². The average molecular weight is 593 g/mol. The Labute approximate surface area is 243 Å². The summed E-state index contributed by atoms with van der Waals surface area (Å²) in [5, 5.41) is 14.0. The Bertz CT molecular complexity index is 1340. The van der Waals surface area contributed by atoms with E-state index in [4.69, 9.17) is 11.6 Å². The monoisotopic (exact) mass is 591 g/mol. The maximum absolute atomic E-state index is 13.9. The lowest BCUT2D eigenvalue weighted by Gasteiger charge is -2.37. The van der Waals surface area contributed by atoms with Crippen molar-refractivity contribution in [1.29, 1.82) is 0 Å². The fourth-order valence-corrected chi connectivity index (χ4v) is 6.23. The van der Waals surface area contributed by atoms with Crippen molar-refractivity contribution in [3.8, 4) is 11.1 Å². The molecule has 3 aromatic rings. The van der Waals surface area contributed by atoms with Gasteiger partial charge in [-0.25, -0.2) is 13.6 Å². The molecule has 2 aromatic carbocycles. The molecule has 1 unspecified atom stereocenters. The van der Waals surface area contributed by atoms with Gasteiger partial charge in [0.1, 0.15) is 11.3 Å². The summed E-state index contributed by atoms with van der Waals surface area (Å²) in [7, 11) is 0. The number of piperidine rings is 1. The fourth-order valence-electron chi connectivity index (χ4n) is 6.07. The Morgan fingerprint density at radius 3 is 2.33 bits per heavy atom. The highest BCUT2D eigenvalue weighted by Crippen LogP contribution is 2.38. The third-order valence-electron chi connectivity index (χ3n) is 8.23. The van der Waals surface area contributed by atoms with Crippen molar-refractivity contribution in [2.75, 3.05) is 49.1 Å². The number of halogens is 4. The van der Waals surface area contributed by atoms with Crippen molar-refractivity contribution in [3.05, 3.63) is 64.9 Å². The molecule has 1 aromatic heterocycles. The van der Waals surface area contributed by atoms with E-state index < -0.39 is 23.7 Å². The quantitative estimate of drug-likeness (QED) is 0.343. The van der Waals surface area contributed by atoms with Crippen molar-refractivity contribution >= 4 is 41.4 Å². The highest BCUT2D eigenvalue weighted by Gasteiger charge is 2.32. The minimum absolute atomic E-state index is 0. The second kappa shape index (κ2) is 11.9.